The van der Waals surface area contributed by atoms with E-state index in [2.05, 4.69) is 52.5 Å². The Kier molecular flexibility index (Phi) is 2.40. The summed E-state index contributed by atoms with van der Waals surface area (Å²) in [6, 6.07) is 16.8. The van der Waals surface area contributed by atoms with Crippen LogP contribution in [-0.2, 0) is 0 Å². The minimum Gasteiger partial charge on any atom is -0.317 e. The lowest BCUT2D eigenvalue weighted by atomic mass is 10.2. The Labute approximate surface area is 119 Å². The lowest BCUT2D eigenvalue weighted by Crippen LogP contribution is -1.90. The number of hydrogen-bond acceptors (Lipinski definition) is 1. The Morgan fingerprint density at radius 2 is 1.84 bits per heavy atom. The highest BCUT2D eigenvalue weighted by Gasteiger charge is 2.05. The fraction of sp³-hybridized carbons (Fsp3) is 0. The van der Waals surface area contributed by atoms with E-state index in [9.17, 15) is 0 Å². The second-order valence-corrected chi connectivity index (χ2v) is 5.92. The van der Waals surface area contributed by atoms with Crippen molar-refractivity contribution in [3.8, 4) is 5.69 Å². The fourth-order valence-corrected chi connectivity index (χ4v) is 3.43. The molecule has 0 bridgehead atoms. The van der Waals surface area contributed by atoms with E-state index in [0.29, 0.717) is 0 Å². The summed E-state index contributed by atoms with van der Waals surface area (Å²) >= 11 is 7.80. The number of fused-ring (bicyclic) bond motifs is 2. The molecule has 0 unspecified atom stereocenters. The summed E-state index contributed by atoms with van der Waals surface area (Å²) in [7, 11) is 0. The van der Waals surface area contributed by atoms with E-state index in [4.69, 9.17) is 11.6 Å². The minimum atomic E-state index is 0.777. The lowest BCUT2D eigenvalue weighted by molar-refractivity contribution is 1.13. The van der Waals surface area contributed by atoms with Crippen LogP contribution < -0.4 is 0 Å². The van der Waals surface area contributed by atoms with Crippen LogP contribution in [0.3, 0.4) is 0 Å². The molecule has 2 heterocycles. The Morgan fingerprint density at radius 3 is 2.79 bits per heavy atom. The first kappa shape index (κ1) is 11.1. The Bertz CT molecular complexity index is 888. The van der Waals surface area contributed by atoms with Crippen molar-refractivity contribution in [1.82, 2.24) is 4.57 Å². The molecule has 1 nitrogen and oxygen atoms in total. The van der Waals surface area contributed by atoms with Crippen molar-refractivity contribution in [2.75, 3.05) is 0 Å². The molecule has 0 spiro atoms. The van der Waals surface area contributed by atoms with Gasteiger partial charge in [0, 0.05) is 27.0 Å². The van der Waals surface area contributed by atoms with E-state index in [1.54, 1.807) is 11.3 Å². The molecule has 0 radical (unpaired) electrons. The van der Waals surface area contributed by atoms with Crippen LogP contribution in [0.2, 0.25) is 5.02 Å². The first-order valence-corrected chi connectivity index (χ1v) is 7.31. The van der Waals surface area contributed by atoms with Crippen LogP contribution in [0, 0.1) is 0 Å². The topological polar surface area (TPSA) is 4.93 Å². The predicted molar refractivity (Wildman–Crippen MR) is 83.7 cm³/mol. The maximum atomic E-state index is 6.03. The zero-order chi connectivity index (χ0) is 12.8. The lowest BCUT2D eigenvalue weighted by Gasteiger charge is -2.05. The molecule has 0 aliphatic rings. The third kappa shape index (κ3) is 1.76. The van der Waals surface area contributed by atoms with E-state index < -0.39 is 0 Å². The van der Waals surface area contributed by atoms with E-state index in [1.807, 2.05) is 12.1 Å². The van der Waals surface area contributed by atoms with Gasteiger partial charge in [-0.25, -0.2) is 0 Å². The number of thiophene rings is 1. The minimum absolute atomic E-state index is 0.777. The number of rotatable bonds is 1. The molecule has 0 aliphatic heterocycles. The molecular formula is C16H10ClNS. The van der Waals surface area contributed by atoms with Gasteiger partial charge in [-0.05, 0) is 53.2 Å². The molecule has 3 heteroatoms. The Morgan fingerprint density at radius 1 is 0.895 bits per heavy atom. The van der Waals surface area contributed by atoms with Crippen LogP contribution >= 0.6 is 22.9 Å². The smallest absolute Gasteiger partial charge is 0.0529 e. The summed E-state index contributed by atoms with van der Waals surface area (Å²) < 4.78 is 3.51. The quantitative estimate of drug-likeness (QED) is 0.435. The molecular weight excluding hydrogens is 274 g/mol. The van der Waals surface area contributed by atoms with Gasteiger partial charge >= 0.3 is 0 Å². The number of nitrogens with zero attached hydrogens (tertiary/aromatic N) is 1. The molecule has 0 aliphatic carbocycles. The predicted octanol–water partition coefficient (Wildman–Crippen LogP) is 5.50. The van der Waals surface area contributed by atoms with Crippen molar-refractivity contribution in [2.24, 2.45) is 0 Å². The molecule has 92 valence electrons. The van der Waals surface area contributed by atoms with Gasteiger partial charge in [0.1, 0.15) is 0 Å². The van der Waals surface area contributed by atoms with Gasteiger partial charge in [0.2, 0.25) is 0 Å². The van der Waals surface area contributed by atoms with Crippen molar-refractivity contribution in [3.63, 3.8) is 0 Å². The van der Waals surface area contributed by atoms with Gasteiger partial charge in [0.05, 0.1) is 5.52 Å². The van der Waals surface area contributed by atoms with Gasteiger partial charge < -0.3 is 4.57 Å². The van der Waals surface area contributed by atoms with E-state index in [-0.39, 0.29) is 0 Å². The molecule has 0 atom stereocenters. The molecule has 4 aromatic rings. The van der Waals surface area contributed by atoms with Gasteiger partial charge in [-0.1, -0.05) is 17.7 Å². The van der Waals surface area contributed by atoms with Crippen molar-refractivity contribution in [2.45, 2.75) is 0 Å². The summed E-state index contributed by atoms with van der Waals surface area (Å²) in [5.74, 6) is 0. The zero-order valence-electron chi connectivity index (χ0n) is 10.0. The second-order valence-electron chi connectivity index (χ2n) is 4.53. The summed E-state index contributed by atoms with van der Waals surface area (Å²) in [5.41, 5.74) is 2.37. The number of halogens is 1. The first-order chi connectivity index (χ1) is 9.31. The van der Waals surface area contributed by atoms with Gasteiger partial charge in [-0.3, -0.25) is 0 Å². The Balaban J connectivity index is 1.97. The van der Waals surface area contributed by atoms with Crippen LogP contribution in [0.5, 0.6) is 0 Å². The zero-order valence-corrected chi connectivity index (χ0v) is 11.6. The first-order valence-electron chi connectivity index (χ1n) is 6.05. The monoisotopic (exact) mass is 283 g/mol. The van der Waals surface area contributed by atoms with Crippen LogP contribution in [-0.4, -0.2) is 4.57 Å². The van der Waals surface area contributed by atoms with Crippen LogP contribution in [0.4, 0.5) is 0 Å². The van der Waals surface area contributed by atoms with Crippen molar-refractivity contribution >= 4 is 43.9 Å². The molecule has 0 N–H and O–H groups in total. The molecule has 19 heavy (non-hydrogen) atoms. The van der Waals surface area contributed by atoms with Gasteiger partial charge in [0.25, 0.3) is 0 Å². The highest BCUT2D eigenvalue weighted by molar-refractivity contribution is 7.17. The molecule has 0 saturated carbocycles. The molecule has 0 saturated heterocycles. The third-order valence-corrected chi connectivity index (χ3v) is 4.48. The van der Waals surface area contributed by atoms with Gasteiger partial charge in [-0.15, -0.1) is 11.3 Å². The molecule has 2 aromatic heterocycles. The number of benzene rings is 2. The largest absolute Gasteiger partial charge is 0.317 e. The second kappa shape index (κ2) is 4.12. The highest BCUT2D eigenvalue weighted by atomic mass is 35.5. The molecule has 0 amide bonds. The van der Waals surface area contributed by atoms with Crippen LogP contribution in [0.25, 0.3) is 26.7 Å². The standard InChI is InChI=1S/C16H10ClNS/c17-13-2-4-15-12(9-13)5-7-18(15)14-3-1-11-6-8-19-16(11)10-14/h1-10H. The summed E-state index contributed by atoms with van der Waals surface area (Å²) in [6.45, 7) is 0. The molecule has 2 aromatic carbocycles. The van der Waals surface area contributed by atoms with Crippen LogP contribution in [0.1, 0.15) is 0 Å². The van der Waals surface area contributed by atoms with Gasteiger partial charge in [-0.2, -0.15) is 0 Å². The fourth-order valence-electron chi connectivity index (χ4n) is 2.43. The van der Waals surface area contributed by atoms with Crippen molar-refractivity contribution in [1.29, 1.82) is 0 Å². The summed E-state index contributed by atoms with van der Waals surface area (Å²) in [4.78, 5) is 0. The van der Waals surface area contributed by atoms with E-state index >= 15 is 0 Å². The average Bonchev–Trinajstić information content (AvgIpc) is 3.02. The number of hydrogen-bond donors (Lipinski definition) is 0. The van der Waals surface area contributed by atoms with E-state index in [0.717, 1.165) is 5.02 Å². The SMILES string of the molecule is Clc1ccc2c(ccn2-c2ccc3ccsc3c2)c1. The number of aromatic nitrogens is 1. The molecule has 4 rings (SSSR count). The van der Waals surface area contributed by atoms with Crippen molar-refractivity contribution in [3.05, 3.63) is 65.1 Å². The Hall–Kier alpha value is -1.77. The summed E-state index contributed by atoms with van der Waals surface area (Å²) in [5, 5.41) is 5.37. The normalized spacial score (nSPS) is 11.4. The van der Waals surface area contributed by atoms with Crippen LogP contribution in [0.15, 0.2) is 60.1 Å². The average molecular weight is 284 g/mol. The highest BCUT2D eigenvalue weighted by Crippen LogP contribution is 2.27. The maximum absolute atomic E-state index is 6.03. The molecule has 0 fully saturated rings. The van der Waals surface area contributed by atoms with E-state index in [1.165, 1.54) is 26.7 Å². The summed E-state index contributed by atoms with van der Waals surface area (Å²) in [6.07, 6.45) is 2.09. The van der Waals surface area contributed by atoms with Crippen molar-refractivity contribution < 1.29 is 0 Å². The van der Waals surface area contributed by atoms with Gasteiger partial charge in [0.15, 0.2) is 0 Å². The third-order valence-electron chi connectivity index (χ3n) is 3.37. The maximum Gasteiger partial charge on any atom is 0.0529 e.